The van der Waals surface area contributed by atoms with Gasteiger partial charge >= 0.3 is 5.97 Å². The Bertz CT molecular complexity index is 459. The van der Waals surface area contributed by atoms with Crippen molar-refractivity contribution in [2.75, 3.05) is 13.2 Å². The van der Waals surface area contributed by atoms with Crippen molar-refractivity contribution < 1.29 is 19.4 Å². The van der Waals surface area contributed by atoms with Crippen molar-refractivity contribution in [1.82, 2.24) is 0 Å². The van der Waals surface area contributed by atoms with E-state index < -0.39 is 11.5 Å². The van der Waals surface area contributed by atoms with E-state index >= 15 is 0 Å². The molecule has 1 fully saturated rings. The van der Waals surface area contributed by atoms with Crippen molar-refractivity contribution in [2.24, 2.45) is 11.7 Å². The lowest BCUT2D eigenvalue weighted by Gasteiger charge is -2.25. The van der Waals surface area contributed by atoms with Gasteiger partial charge in [0.05, 0.1) is 6.61 Å². The molecule has 0 amide bonds. The van der Waals surface area contributed by atoms with Gasteiger partial charge < -0.3 is 20.3 Å². The third-order valence-electron chi connectivity index (χ3n) is 3.32. The number of benzene rings is 1. The first kappa shape index (κ1) is 13.7. The van der Waals surface area contributed by atoms with Crippen LogP contribution in [0.5, 0.6) is 11.5 Å². The normalized spacial score (nSPS) is 17.6. The molecule has 3 N–H and O–H groups in total. The number of ether oxygens (including phenoxy) is 2. The van der Waals surface area contributed by atoms with E-state index in [1.54, 1.807) is 12.1 Å². The minimum atomic E-state index is -1.31. The van der Waals surface area contributed by atoms with Gasteiger partial charge in [0.25, 0.3) is 0 Å². The van der Waals surface area contributed by atoms with Gasteiger partial charge in [0.15, 0.2) is 17.0 Å². The molecule has 5 nitrogen and oxygen atoms in total. The van der Waals surface area contributed by atoms with E-state index in [0.717, 1.165) is 12.8 Å². The summed E-state index contributed by atoms with van der Waals surface area (Å²) in [6.45, 7) is 2.36. The fourth-order valence-corrected chi connectivity index (χ4v) is 1.99. The quantitative estimate of drug-likeness (QED) is 0.783. The van der Waals surface area contributed by atoms with E-state index in [1.165, 1.54) is 0 Å². The predicted molar refractivity (Wildman–Crippen MR) is 70.4 cm³/mol. The highest BCUT2D eigenvalue weighted by molar-refractivity contribution is 5.79. The molecule has 1 aliphatic carbocycles. The van der Waals surface area contributed by atoms with Crippen LogP contribution in [0.2, 0.25) is 0 Å². The molecule has 0 spiro atoms. The molecular formula is C14H19NO4. The van der Waals surface area contributed by atoms with Crippen LogP contribution in [-0.4, -0.2) is 29.8 Å². The second-order valence-corrected chi connectivity index (χ2v) is 4.79. The largest absolute Gasteiger partial charge is 0.490 e. The smallest absolute Gasteiger partial charge is 0.327 e. The summed E-state index contributed by atoms with van der Waals surface area (Å²) < 4.78 is 11.0. The van der Waals surface area contributed by atoms with E-state index in [0.29, 0.717) is 18.1 Å². The lowest BCUT2D eigenvalue weighted by Crippen LogP contribution is -2.54. The zero-order valence-electron chi connectivity index (χ0n) is 11.0. The number of carboxylic acid groups (broad SMARTS) is 1. The van der Waals surface area contributed by atoms with Crippen LogP contribution in [0.3, 0.4) is 0 Å². The van der Waals surface area contributed by atoms with Gasteiger partial charge in [0.1, 0.15) is 6.61 Å². The topological polar surface area (TPSA) is 81.8 Å². The number of hydrogen-bond acceptors (Lipinski definition) is 4. The van der Waals surface area contributed by atoms with Gasteiger partial charge in [-0.15, -0.1) is 0 Å². The van der Waals surface area contributed by atoms with Gasteiger partial charge in [-0.1, -0.05) is 12.1 Å². The monoisotopic (exact) mass is 265 g/mol. The lowest BCUT2D eigenvalue weighted by molar-refractivity contribution is -0.145. The summed E-state index contributed by atoms with van der Waals surface area (Å²) in [5.41, 5.74) is 4.65. The Morgan fingerprint density at radius 2 is 1.95 bits per heavy atom. The second kappa shape index (κ2) is 5.48. The van der Waals surface area contributed by atoms with E-state index in [-0.39, 0.29) is 12.5 Å². The fraction of sp³-hybridized carbons (Fsp3) is 0.500. The standard InChI is InChI=1S/C14H19NO4/c1-2-18-11-5-3-4-6-12(11)19-9-14(15,13(16)17)10-7-8-10/h3-6,10H,2,7-9,15H2,1H3,(H,16,17). The number of nitrogens with two attached hydrogens (primary N) is 1. The first-order valence-electron chi connectivity index (χ1n) is 6.45. The number of carboxylic acids is 1. The minimum absolute atomic E-state index is 0.00394. The van der Waals surface area contributed by atoms with E-state index in [9.17, 15) is 9.90 Å². The second-order valence-electron chi connectivity index (χ2n) is 4.79. The van der Waals surface area contributed by atoms with Crippen LogP contribution in [0.4, 0.5) is 0 Å². The Hall–Kier alpha value is -1.75. The Labute approximate surface area is 112 Å². The van der Waals surface area contributed by atoms with Crippen LogP contribution < -0.4 is 15.2 Å². The van der Waals surface area contributed by atoms with Gasteiger partial charge in [-0.3, -0.25) is 4.79 Å². The third kappa shape index (κ3) is 2.98. The molecule has 0 bridgehead atoms. The molecule has 1 aliphatic rings. The zero-order chi connectivity index (χ0) is 13.9. The summed E-state index contributed by atoms with van der Waals surface area (Å²) >= 11 is 0. The Balaban J connectivity index is 2.07. The van der Waals surface area contributed by atoms with Crippen LogP contribution in [0.25, 0.3) is 0 Å². The molecule has 0 radical (unpaired) electrons. The molecule has 0 aromatic heterocycles. The predicted octanol–water partition coefficient (Wildman–Crippen LogP) is 1.66. The summed E-state index contributed by atoms with van der Waals surface area (Å²) in [6.07, 6.45) is 1.69. The van der Waals surface area contributed by atoms with E-state index in [2.05, 4.69) is 0 Å². The SMILES string of the molecule is CCOc1ccccc1OCC(N)(C(=O)O)C1CC1. The van der Waals surface area contributed by atoms with Crippen molar-refractivity contribution in [3.8, 4) is 11.5 Å². The van der Waals surface area contributed by atoms with Crippen LogP contribution in [-0.2, 0) is 4.79 Å². The summed E-state index contributed by atoms with van der Waals surface area (Å²) in [5.74, 6) is 0.128. The van der Waals surface area contributed by atoms with Crippen LogP contribution in [0.1, 0.15) is 19.8 Å². The highest BCUT2D eigenvalue weighted by Crippen LogP contribution is 2.39. The Morgan fingerprint density at radius 3 is 2.42 bits per heavy atom. The van der Waals surface area contributed by atoms with Gasteiger partial charge in [-0.05, 0) is 37.8 Å². The summed E-state index contributed by atoms with van der Waals surface area (Å²) in [5, 5.41) is 9.26. The first-order valence-corrected chi connectivity index (χ1v) is 6.45. The van der Waals surface area contributed by atoms with Gasteiger partial charge in [-0.2, -0.15) is 0 Å². The molecule has 0 aliphatic heterocycles. The maximum absolute atomic E-state index is 11.3. The molecule has 2 rings (SSSR count). The lowest BCUT2D eigenvalue weighted by atomic mass is 9.96. The molecule has 1 unspecified atom stereocenters. The third-order valence-corrected chi connectivity index (χ3v) is 3.32. The Morgan fingerprint density at radius 1 is 1.37 bits per heavy atom. The molecule has 0 saturated heterocycles. The van der Waals surface area contributed by atoms with Crippen molar-refractivity contribution in [3.63, 3.8) is 0 Å². The van der Waals surface area contributed by atoms with Crippen molar-refractivity contribution >= 4 is 5.97 Å². The molecule has 1 atom stereocenters. The highest BCUT2D eigenvalue weighted by Gasteiger charge is 2.49. The highest BCUT2D eigenvalue weighted by atomic mass is 16.5. The first-order chi connectivity index (χ1) is 9.08. The molecule has 104 valence electrons. The Kier molecular flexibility index (Phi) is 3.95. The molecular weight excluding hydrogens is 246 g/mol. The summed E-state index contributed by atoms with van der Waals surface area (Å²) in [7, 11) is 0. The summed E-state index contributed by atoms with van der Waals surface area (Å²) in [6, 6.07) is 7.19. The van der Waals surface area contributed by atoms with Gasteiger partial charge in [0.2, 0.25) is 0 Å². The van der Waals surface area contributed by atoms with E-state index in [1.807, 2.05) is 19.1 Å². The molecule has 0 heterocycles. The number of aliphatic carboxylic acids is 1. The number of para-hydroxylation sites is 2. The molecule has 1 saturated carbocycles. The van der Waals surface area contributed by atoms with Crippen LogP contribution in [0.15, 0.2) is 24.3 Å². The van der Waals surface area contributed by atoms with E-state index in [4.69, 9.17) is 15.2 Å². The van der Waals surface area contributed by atoms with Crippen LogP contribution in [0, 0.1) is 5.92 Å². The number of carbonyl (C=O) groups is 1. The van der Waals surface area contributed by atoms with Crippen LogP contribution >= 0.6 is 0 Å². The van der Waals surface area contributed by atoms with Gasteiger partial charge in [-0.25, -0.2) is 0 Å². The maximum Gasteiger partial charge on any atom is 0.327 e. The minimum Gasteiger partial charge on any atom is -0.490 e. The number of rotatable bonds is 7. The van der Waals surface area contributed by atoms with Crippen molar-refractivity contribution in [3.05, 3.63) is 24.3 Å². The maximum atomic E-state index is 11.3. The van der Waals surface area contributed by atoms with Crippen molar-refractivity contribution in [1.29, 1.82) is 0 Å². The van der Waals surface area contributed by atoms with Gasteiger partial charge in [0, 0.05) is 0 Å². The average Bonchev–Trinajstić information content (AvgIpc) is 3.22. The molecule has 5 heteroatoms. The average molecular weight is 265 g/mol. The fourth-order valence-electron chi connectivity index (χ4n) is 1.99. The summed E-state index contributed by atoms with van der Waals surface area (Å²) in [4.78, 5) is 11.3. The molecule has 19 heavy (non-hydrogen) atoms. The zero-order valence-corrected chi connectivity index (χ0v) is 11.0. The molecule has 1 aromatic carbocycles. The molecule has 1 aromatic rings. The number of hydrogen-bond donors (Lipinski definition) is 2. The van der Waals surface area contributed by atoms with Crippen molar-refractivity contribution in [2.45, 2.75) is 25.3 Å².